The van der Waals surface area contributed by atoms with Gasteiger partial charge in [0.15, 0.2) is 0 Å². The van der Waals surface area contributed by atoms with Gasteiger partial charge in [0.25, 0.3) is 0 Å². The van der Waals surface area contributed by atoms with Gasteiger partial charge in [0, 0.05) is 16.8 Å². The molecule has 5 aromatic rings. The predicted molar refractivity (Wildman–Crippen MR) is 140 cm³/mol. The van der Waals surface area contributed by atoms with Crippen molar-refractivity contribution in [3.8, 4) is 23.3 Å². The Balaban J connectivity index is 1.63. The lowest BCUT2D eigenvalue weighted by Crippen LogP contribution is -2.10. The van der Waals surface area contributed by atoms with Crippen LogP contribution in [0.1, 0.15) is 11.1 Å². The van der Waals surface area contributed by atoms with Crippen molar-refractivity contribution in [2.45, 2.75) is 0 Å². The smallest absolute Gasteiger partial charge is 0.204 e. The van der Waals surface area contributed by atoms with E-state index in [4.69, 9.17) is 6.57 Å². The molecule has 0 aliphatic carbocycles. The number of anilines is 3. The van der Waals surface area contributed by atoms with Crippen LogP contribution in [0, 0.1) is 29.2 Å². The molecular weight excluding hydrogens is 428 g/mol. The van der Waals surface area contributed by atoms with Gasteiger partial charge in [-0.3, -0.25) is 0 Å². The molecule has 0 spiro atoms. The fraction of sp³-hybridized carbons (Fsp3) is 0. The van der Waals surface area contributed by atoms with Crippen LogP contribution in [0.5, 0.6) is 0 Å². The van der Waals surface area contributed by atoms with Crippen LogP contribution in [-0.2, 0) is 0 Å². The van der Waals surface area contributed by atoms with Crippen molar-refractivity contribution in [3.63, 3.8) is 0 Å². The molecule has 162 valence electrons. The number of hydrogen-bond acceptors (Lipinski definition) is 3. The summed E-state index contributed by atoms with van der Waals surface area (Å²) in [5.41, 5.74) is 6.13. The quantitative estimate of drug-likeness (QED) is 0.261. The molecule has 5 rings (SSSR count). The van der Waals surface area contributed by atoms with Gasteiger partial charge in [-0.2, -0.15) is 10.5 Å². The predicted octanol–water partition coefficient (Wildman–Crippen LogP) is 8.27. The Morgan fingerprint density at radius 3 is 2.00 bits per heavy atom. The van der Waals surface area contributed by atoms with Crippen LogP contribution in [0.2, 0.25) is 0 Å². The fourth-order valence-corrected chi connectivity index (χ4v) is 4.22. The first kappa shape index (κ1) is 21.5. The molecule has 0 amide bonds. The van der Waals surface area contributed by atoms with Crippen molar-refractivity contribution in [1.29, 1.82) is 10.5 Å². The van der Waals surface area contributed by atoms with Gasteiger partial charge < -0.3 is 4.90 Å². The number of rotatable bonds is 4. The minimum atomic E-state index is 0.357. The van der Waals surface area contributed by atoms with Crippen LogP contribution in [0.15, 0.2) is 109 Å². The molecular formula is C31H18N4. The zero-order chi connectivity index (χ0) is 24.2. The molecule has 0 fully saturated rings. The first-order chi connectivity index (χ1) is 17.2. The average molecular weight is 447 g/mol. The normalized spacial score (nSPS) is 10.2. The maximum atomic E-state index is 9.39. The molecule has 0 heterocycles. The van der Waals surface area contributed by atoms with Crippen molar-refractivity contribution in [3.05, 3.63) is 132 Å². The van der Waals surface area contributed by atoms with Gasteiger partial charge in [-0.05, 0) is 65.0 Å². The third-order valence-electron chi connectivity index (χ3n) is 5.96. The zero-order valence-electron chi connectivity index (χ0n) is 18.7. The van der Waals surface area contributed by atoms with E-state index in [1.807, 2.05) is 72.8 Å². The maximum Gasteiger partial charge on any atom is 0.204 e. The Kier molecular flexibility index (Phi) is 5.67. The second-order valence-electron chi connectivity index (χ2n) is 7.99. The Morgan fingerprint density at radius 2 is 1.31 bits per heavy atom. The van der Waals surface area contributed by atoms with Crippen molar-refractivity contribution < 1.29 is 0 Å². The molecule has 5 aromatic carbocycles. The molecule has 0 saturated heterocycles. The number of benzene rings is 5. The molecule has 0 aliphatic heterocycles. The van der Waals surface area contributed by atoms with Crippen molar-refractivity contribution in [1.82, 2.24) is 0 Å². The SMILES string of the molecule is [C-]#[N+]c1ccc(-c2ccc(N(c3ccc(C#N)cc3)c3cccc4ccccc34)cc2)cc1C#N. The van der Waals surface area contributed by atoms with Crippen LogP contribution in [0.4, 0.5) is 22.7 Å². The lowest BCUT2D eigenvalue weighted by Gasteiger charge is -2.27. The van der Waals surface area contributed by atoms with E-state index in [9.17, 15) is 10.5 Å². The largest absolute Gasteiger partial charge is 0.310 e. The Bertz CT molecular complexity index is 1660. The third kappa shape index (κ3) is 4.07. The number of nitriles is 2. The van der Waals surface area contributed by atoms with Crippen molar-refractivity contribution in [2.75, 3.05) is 4.90 Å². The second-order valence-corrected chi connectivity index (χ2v) is 7.99. The molecule has 4 nitrogen and oxygen atoms in total. The molecule has 0 aromatic heterocycles. The van der Waals surface area contributed by atoms with E-state index in [1.54, 1.807) is 12.1 Å². The second kappa shape index (κ2) is 9.24. The van der Waals surface area contributed by atoms with Gasteiger partial charge in [-0.1, -0.05) is 60.7 Å². The maximum absolute atomic E-state index is 9.39. The summed E-state index contributed by atoms with van der Waals surface area (Å²) in [7, 11) is 0. The topological polar surface area (TPSA) is 55.2 Å². The van der Waals surface area contributed by atoms with E-state index in [1.165, 1.54) is 0 Å². The third-order valence-corrected chi connectivity index (χ3v) is 5.96. The molecule has 4 heteroatoms. The summed E-state index contributed by atoms with van der Waals surface area (Å²) >= 11 is 0. The highest BCUT2D eigenvalue weighted by Gasteiger charge is 2.15. The molecule has 0 aliphatic rings. The average Bonchev–Trinajstić information content (AvgIpc) is 2.93. The summed E-state index contributed by atoms with van der Waals surface area (Å²) < 4.78 is 0. The minimum absolute atomic E-state index is 0.357. The van der Waals surface area contributed by atoms with E-state index >= 15 is 0 Å². The van der Waals surface area contributed by atoms with E-state index in [0.717, 1.165) is 39.0 Å². The molecule has 0 radical (unpaired) electrons. The van der Waals surface area contributed by atoms with Crippen molar-refractivity contribution >= 4 is 33.5 Å². The molecule has 0 saturated carbocycles. The molecule has 35 heavy (non-hydrogen) atoms. The molecule has 0 bridgehead atoms. The summed E-state index contributed by atoms with van der Waals surface area (Å²) in [5.74, 6) is 0. The Labute approximate surface area is 204 Å². The van der Waals surface area contributed by atoms with Gasteiger partial charge in [0.1, 0.15) is 0 Å². The monoisotopic (exact) mass is 446 g/mol. The van der Waals surface area contributed by atoms with E-state index in [-0.39, 0.29) is 0 Å². The van der Waals surface area contributed by atoms with E-state index in [0.29, 0.717) is 16.8 Å². The lowest BCUT2D eigenvalue weighted by atomic mass is 10.0. The van der Waals surface area contributed by atoms with E-state index in [2.05, 4.69) is 46.1 Å². The van der Waals surface area contributed by atoms with Crippen LogP contribution in [-0.4, -0.2) is 0 Å². The highest BCUT2D eigenvalue weighted by molar-refractivity contribution is 5.99. The summed E-state index contributed by atoms with van der Waals surface area (Å²) in [5, 5.41) is 20.9. The summed E-state index contributed by atoms with van der Waals surface area (Å²) in [6.07, 6.45) is 0. The first-order valence-corrected chi connectivity index (χ1v) is 11.0. The highest BCUT2D eigenvalue weighted by atomic mass is 15.1. The van der Waals surface area contributed by atoms with Crippen LogP contribution >= 0.6 is 0 Å². The Hall–Kier alpha value is -5.37. The summed E-state index contributed by atoms with van der Waals surface area (Å²) in [6.45, 7) is 7.24. The number of hydrogen-bond donors (Lipinski definition) is 0. The molecule has 0 unspecified atom stereocenters. The number of fused-ring (bicyclic) bond motifs is 1. The van der Waals surface area contributed by atoms with Crippen LogP contribution in [0.25, 0.3) is 26.7 Å². The summed E-state index contributed by atoms with van der Waals surface area (Å²) in [4.78, 5) is 5.60. The first-order valence-electron chi connectivity index (χ1n) is 11.0. The minimum Gasteiger partial charge on any atom is -0.310 e. The van der Waals surface area contributed by atoms with Crippen LogP contribution in [0.3, 0.4) is 0 Å². The zero-order valence-corrected chi connectivity index (χ0v) is 18.7. The van der Waals surface area contributed by atoms with E-state index < -0.39 is 0 Å². The van der Waals surface area contributed by atoms with Crippen LogP contribution < -0.4 is 4.90 Å². The van der Waals surface area contributed by atoms with Gasteiger partial charge in [0.05, 0.1) is 35.5 Å². The fourth-order valence-electron chi connectivity index (χ4n) is 4.22. The number of nitrogens with zero attached hydrogens (tertiary/aromatic N) is 4. The summed E-state index contributed by atoms with van der Waals surface area (Å²) in [6, 6.07) is 39.8. The molecule has 0 N–H and O–H groups in total. The standard InChI is InChI=1S/C31H18N4/c1-34-30-18-13-25(19-26(30)21-33)23-11-16-28(17-12-23)35(27-14-9-22(20-32)10-15-27)31-8-4-6-24-5-2-3-7-29(24)31/h2-19H. The highest BCUT2D eigenvalue weighted by Crippen LogP contribution is 2.39. The Morgan fingerprint density at radius 1 is 0.657 bits per heavy atom. The molecule has 0 atom stereocenters. The van der Waals surface area contributed by atoms with Crippen molar-refractivity contribution in [2.24, 2.45) is 0 Å². The lowest BCUT2D eigenvalue weighted by molar-refractivity contribution is 1.29. The van der Waals surface area contributed by atoms with Gasteiger partial charge >= 0.3 is 0 Å². The van der Waals surface area contributed by atoms with Gasteiger partial charge in [-0.25, -0.2) is 4.85 Å². The van der Waals surface area contributed by atoms with Gasteiger partial charge in [-0.15, -0.1) is 0 Å². The van der Waals surface area contributed by atoms with Gasteiger partial charge in [0.2, 0.25) is 5.69 Å².